The second kappa shape index (κ2) is 7.00. The second-order valence-electron chi connectivity index (χ2n) is 4.42. The SMILES string of the molecule is Cc1ccc([C@H](NC(=O)Nc2nccs2)C(Cl)(Cl)Cl)cc1F. The number of aryl methyl sites for hydroxylation is 1. The van der Waals surface area contributed by atoms with Gasteiger partial charge in [0, 0.05) is 11.6 Å². The van der Waals surface area contributed by atoms with Crippen LogP contribution in [-0.4, -0.2) is 14.8 Å². The highest BCUT2D eigenvalue weighted by molar-refractivity contribution is 7.13. The summed E-state index contributed by atoms with van der Waals surface area (Å²) < 4.78 is 11.9. The number of nitrogens with zero attached hydrogens (tertiary/aromatic N) is 1. The quantitative estimate of drug-likeness (QED) is 0.748. The lowest BCUT2D eigenvalue weighted by Gasteiger charge is -2.26. The summed E-state index contributed by atoms with van der Waals surface area (Å²) in [6.45, 7) is 1.62. The molecule has 0 fully saturated rings. The van der Waals surface area contributed by atoms with Gasteiger partial charge in [-0.25, -0.2) is 14.2 Å². The van der Waals surface area contributed by atoms with E-state index in [1.165, 1.54) is 17.4 Å². The number of aromatic nitrogens is 1. The molecule has 2 N–H and O–H groups in total. The fourth-order valence-corrected chi connectivity index (χ4v) is 2.76. The monoisotopic (exact) mass is 381 g/mol. The normalized spacial score (nSPS) is 12.8. The number of alkyl halides is 3. The molecule has 0 aliphatic carbocycles. The standard InChI is InChI=1S/C13H11Cl3FN3OS/c1-7-2-3-8(6-9(7)17)10(13(14,15)16)19-11(21)20-12-18-4-5-22-12/h2-6,10H,1H3,(H2,18,19,20,21)/t10-/m0/s1. The zero-order chi connectivity index (χ0) is 16.3. The van der Waals surface area contributed by atoms with Crippen molar-refractivity contribution in [1.82, 2.24) is 10.3 Å². The number of anilines is 1. The molecular weight excluding hydrogens is 372 g/mol. The third-order valence-corrected chi connectivity index (χ3v) is 4.13. The molecule has 9 heteroatoms. The van der Waals surface area contributed by atoms with Crippen molar-refractivity contribution in [2.24, 2.45) is 0 Å². The Labute approximate surface area is 145 Å². The number of hydrogen-bond acceptors (Lipinski definition) is 3. The molecule has 0 saturated carbocycles. The van der Waals surface area contributed by atoms with Gasteiger partial charge in [0.1, 0.15) is 11.9 Å². The van der Waals surface area contributed by atoms with E-state index in [4.69, 9.17) is 34.8 Å². The Kier molecular flexibility index (Phi) is 5.50. The van der Waals surface area contributed by atoms with Crippen LogP contribution in [0.15, 0.2) is 29.8 Å². The molecule has 0 aliphatic heterocycles. The molecule has 1 aromatic heterocycles. The predicted octanol–water partition coefficient (Wildman–Crippen LogP) is 4.82. The maximum Gasteiger partial charge on any atom is 0.321 e. The first-order valence-electron chi connectivity index (χ1n) is 6.07. The van der Waals surface area contributed by atoms with E-state index < -0.39 is 21.7 Å². The minimum absolute atomic E-state index is 0.345. The van der Waals surface area contributed by atoms with Crippen LogP contribution in [0.2, 0.25) is 0 Å². The van der Waals surface area contributed by atoms with Crippen molar-refractivity contribution >= 4 is 57.3 Å². The number of carbonyl (C=O) groups is 1. The maximum absolute atomic E-state index is 13.7. The maximum atomic E-state index is 13.7. The number of halogens is 4. The molecule has 0 aliphatic rings. The van der Waals surface area contributed by atoms with Gasteiger partial charge >= 0.3 is 6.03 Å². The summed E-state index contributed by atoms with van der Waals surface area (Å²) in [5.41, 5.74) is 0.802. The van der Waals surface area contributed by atoms with Crippen LogP contribution in [0.5, 0.6) is 0 Å². The fourth-order valence-electron chi connectivity index (χ4n) is 1.69. The molecule has 1 heterocycles. The number of carbonyl (C=O) groups excluding carboxylic acids is 1. The highest BCUT2D eigenvalue weighted by Crippen LogP contribution is 2.40. The predicted molar refractivity (Wildman–Crippen MR) is 88.4 cm³/mol. The Bertz CT molecular complexity index is 661. The van der Waals surface area contributed by atoms with Gasteiger partial charge in [0.05, 0.1) is 0 Å². The van der Waals surface area contributed by atoms with Crippen LogP contribution in [0.1, 0.15) is 17.2 Å². The average molecular weight is 383 g/mol. The first-order valence-corrected chi connectivity index (χ1v) is 8.08. The largest absolute Gasteiger partial charge is 0.327 e. The summed E-state index contributed by atoms with van der Waals surface area (Å²) in [6.07, 6.45) is 1.54. The Morgan fingerprint density at radius 1 is 1.41 bits per heavy atom. The van der Waals surface area contributed by atoms with Crippen molar-refractivity contribution in [3.8, 4) is 0 Å². The average Bonchev–Trinajstić information content (AvgIpc) is 2.91. The third-order valence-electron chi connectivity index (χ3n) is 2.78. The van der Waals surface area contributed by atoms with Gasteiger partial charge < -0.3 is 5.32 Å². The zero-order valence-electron chi connectivity index (χ0n) is 11.2. The van der Waals surface area contributed by atoms with Gasteiger partial charge in [-0.2, -0.15) is 0 Å². The van der Waals surface area contributed by atoms with Crippen LogP contribution in [-0.2, 0) is 0 Å². The molecule has 4 nitrogen and oxygen atoms in total. The van der Waals surface area contributed by atoms with Crippen molar-refractivity contribution < 1.29 is 9.18 Å². The molecule has 0 saturated heterocycles. The van der Waals surface area contributed by atoms with E-state index in [9.17, 15) is 9.18 Å². The summed E-state index contributed by atoms with van der Waals surface area (Å²) in [5, 5.41) is 7.12. The first-order chi connectivity index (χ1) is 10.3. The van der Waals surface area contributed by atoms with Crippen LogP contribution >= 0.6 is 46.1 Å². The lowest BCUT2D eigenvalue weighted by atomic mass is 10.1. The smallest absolute Gasteiger partial charge is 0.321 e. The van der Waals surface area contributed by atoms with Crippen molar-refractivity contribution in [1.29, 1.82) is 0 Å². The number of urea groups is 1. The summed E-state index contributed by atoms with van der Waals surface area (Å²) in [7, 11) is 0. The van der Waals surface area contributed by atoms with Crippen molar-refractivity contribution in [2.45, 2.75) is 16.8 Å². The number of thiazole rings is 1. The topological polar surface area (TPSA) is 54.0 Å². The van der Waals surface area contributed by atoms with Crippen LogP contribution < -0.4 is 10.6 Å². The van der Waals surface area contributed by atoms with Crippen LogP contribution in [0, 0.1) is 12.7 Å². The summed E-state index contributed by atoms with van der Waals surface area (Å²) in [4.78, 5) is 15.9. The molecule has 0 unspecified atom stereocenters. The summed E-state index contributed by atoms with van der Waals surface area (Å²) in [6, 6.07) is 2.74. The van der Waals surface area contributed by atoms with E-state index >= 15 is 0 Å². The lowest BCUT2D eigenvalue weighted by molar-refractivity contribution is 0.248. The van der Waals surface area contributed by atoms with Gasteiger partial charge in [0.25, 0.3) is 0 Å². The van der Waals surface area contributed by atoms with E-state index in [1.807, 2.05) is 0 Å². The van der Waals surface area contributed by atoms with Gasteiger partial charge in [-0.3, -0.25) is 5.32 Å². The van der Waals surface area contributed by atoms with Gasteiger partial charge in [-0.15, -0.1) is 11.3 Å². The first kappa shape index (κ1) is 17.3. The molecule has 1 atom stereocenters. The summed E-state index contributed by atoms with van der Waals surface area (Å²) >= 11 is 19.0. The van der Waals surface area contributed by atoms with E-state index in [2.05, 4.69) is 15.6 Å². The molecule has 2 rings (SSSR count). The molecule has 118 valence electrons. The molecular formula is C13H11Cl3FN3OS. The number of amides is 2. The third kappa shape index (κ3) is 4.46. The van der Waals surface area contributed by atoms with Crippen LogP contribution in [0.4, 0.5) is 14.3 Å². The van der Waals surface area contributed by atoms with Crippen molar-refractivity contribution in [2.75, 3.05) is 5.32 Å². The summed E-state index contributed by atoms with van der Waals surface area (Å²) in [5.74, 6) is -0.445. The van der Waals surface area contributed by atoms with Crippen LogP contribution in [0.3, 0.4) is 0 Å². The lowest BCUT2D eigenvalue weighted by Crippen LogP contribution is -2.39. The Morgan fingerprint density at radius 3 is 2.68 bits per heavy atom. The Hall–Kier alpha value is -1.08. The van der Waals surface area contributed by atoms with Gasteiger partial charge in [-0.1, -0.05) is 46.9 Å². The zero-order valence-corrected chi connectivity index (χ0v) is 14.3. The van der Waals surface area contributed by atoms with Gasteiger partial charge in [0.2, 0.25) is 3.79 Å². The number of nitrogens with one attached hydrogen (secondary N) is 2. The van der Waals surface area contributed by atoms with E-state index in [0.717, 1.165) is 0 Å². The number of hydrogen-bond donors (Lipinski definition) is 2. The minimum atomic E-state index is -1.85. The number of benzene rings is 1. The highest BCUT2D eigenvalue weighted by atomic mass is 35.6. The molecule has 2 amide bonds. The fraction of sp³-hybridized carbons (Fsp3) is 0.231. The molecule has 0 spiro atoms. The molecule has 0 radical (unpaired) electrons. The van der Waals surface area contributed by atoms with Crippen molar-refractivity contribution in [3.05, 3.63) is 46.7 Å². The molecule has 1 aromatic carbocycles. The minimum Gasteiger partial charge on any atom is -0.327 e. The van der Waals surface area contributed by atoms with Crippen LogP contribution in [0.25, 0.3) is 0 Å². The van der Waals surface area contributed by atoms with E-state index in [-0.39, 0.29) is 0 Å². The van der Waals surface area contributed by atoms with E-state index in [1.54, 1.807) is 30.6 Å². The van der Waals surface area contributed by atoms with E-state index in [0.29, 0.717) is 16.3 Å². The Balaban J connectivity index is 2.19. The highest BCUT2D eigenvalue weighted by Gasteiger charge is 2.35. The molecule has 0 bridgehead atoms. The molecule has 2 aromatic rings. The van der Waals surface area contributed by atoms with Gasteiger partial charge in [0.15, 0.2) is 5.13 Å². The second-order valence-corrected chi connectivity index (χ2v) is 7.68. The van der Waals surface area contributed by atoms with Gasteiger partial charge in [-0.05, 0) is 24.1 Å². The van der Waals surface area contributed by atoms with Crippen molar-refractivity contribution in [3.63, 3.8) is 0 Å². The Morgan fingerprint density at radius 2 is 2.14 bits per heavy atom. The molecule has 22 heavy (non-hydrogen) atoms. The number of rotatable bonds is 3.